The highest BCUT2D eigenvalue weighted by Crippen LogP contribution is 2.26. The summed E-state index contributed by atoms with van der Waals surface area (Å²) in [4.78, 5) is 13.5. The lowest BCUT2D eigenvalue weighted by Gasteiger charge is -2.19. The van der Waals surface area contributed by atoms with Gasteiger partial charge in [-0.15, -0.1) is 0 Å². The van der Waals surface area contributed by atoms with Crippen LogP contribution in [0.5, 0.6) is 0 Å². The van der Waals surface area contributed by atoms with Crippen LogP contribution >= 0.6 is 12.2 Å². The van der Waals surface area contributed by atoms with Crippen molar-refractivity contribution in [1.82, 2.24) is 4.57 Å². The Balaban J connectivity index is 1.95. The molecule has 0 amide bonds. The average molecular weight is 352 g/mol. The molecular formula is C20H20N2O2S. The van der Waals surface area contributed by atoms with Crippen molar-refractivity contribution in [3.8, 4) is 0 Å². The molecule has 3 aromatic rings. The van der Waals surface area contributed by atoms with Crippen molar-refractivity contribution < 1.29 is 9.90 Å². The number of hydrogen-bond donors (Lipinski definition) is 1. The van der Waals surface area contributed by atoms with Crippen molar-refractivity contribution in [3.63, 3.8) is 0 Å². The smallest absolute Gasteiger partial charge is 0.323 e. The maximum absolute atomic E-state index is 11.3. The zero-order valence-electron chi connectivity index (χ0n) is 14.1. The van der Waals surface area contributed by atoms with Crippen molar-refractivity contribution in [2.75, 3.05) is 18.5 Å². The summed E-state index contributed by atoms with van der Waals surface area (Å²) < 4.78 is 1.79. The predicted octanol–water partition coefficient (Wildman–Crippen LogP) is 3.75. The highest BCUT2D eigenvalue weighted by Gasteiger charge is 2.17. The summed E-state index contributed by atoms with van der Waals surface area (Å²) in [5.41, 5.74) is 3.99. The first-order valence-corrected chi connectivity index (χ1v) is 8.62. The number of anilines is 1. The third-order valence-electron chi connectivity index (χ3n) is 4.42. The van der Waals surface area contributed by atoms with E-state index in [1.54, 1.807) is 9.93 Å². The Kier molecular flexibility index (Phi) is 5.14. The molecule has 0 aliphatic carbocycles. The molecule has 128 valence electrons. The van der Waals surface area contributed by atoms with Crippen LogP contribution in [0.25, 0.3) is 10.9 Å². The number of fused-ring (bicyclic) bond motifs is 1. The molecule has 25 heavy (non-hydrogen) atoms. The van der Waals surface area contributed by atoms with Gasteiger partial charge in [0.05, 0.1) is 5.69 Å². The molecule has 0 atom stereocenters. The highest BCUT2D eigenvalue weighted by molar-refractivity contribution is 7.79. The number of aromatic nitrogens is 1. The lowest BCUT2D eigenvalue weighted by Crippen LogP contribution is -2.20. The normalized spacial score (nSPS) is 10.8. The monoisotopic (exact) mass is 352 g/mol. The standard InChI is InChI=1S/C20H20N2O2S/c1-21(15-7-3-2-4-8-15)12-11-17-16-9-5-6-10-18(16)22(13-20(23)24)19(17)14-25/h2-10,14H,11-13H2,1H3,(H,23,24). The van der Waals surface area contributed by atoms with Crippen LogP contribution in [0, 0.1) is 0 Å². The second-order valence-electron chi connectivity index (χ2n) is 5.99. The number of benzene rings is 2. The van der Waals surface area contributed by atoms with Crippen LogP contribution in [0.3, 0.4) is 0 Å². The number of carbonyl (C=O) groups is 1. The first-order valence-electron chi connectivity index (χ1n) is 8.15. The van der Waals surface area contributed by atoms with Gasteiger partial charge in [-0.2, -0.15) is 0 Å². The van der Waals surface area contributed by atoms with Crippen molar-refractivity contribution >= 4 is 40.1 Å². The minimum atomic E-state index is -0.869. The number of aliphatic carboxylic acids is 1. The van der Waals surface area contributed by atoms with E-state index in [0.29, 0.717) is 0 Å². The molecule has 1 N–H and O–H groups in total. The molecule has 0 spiro atoms. The lowest BCUT2D eigenvalue weighted by atomic mass is 10.1. The molecule has 0 fully saturated rings. The van der Waals surface area contributed by atoms with Gasteiger partial charge in [-0.3, -0.25) is 4.79 Å². The van der Waals surface area contributed by atoms with Gasteiger partial charge < -0.3 is 14.6 Å². The van der Waals surface area contributed by atoms with E-state index in [-0.39, 0.29) is 6.54 Å². The minimum absolute atomic E-state index is 0.0858. The van der Waals surface area contributed by atoms with E-state index in [9.17, 15) is 9.90 Å². The van der Waals surface area contributed by atoms with Crippen LogP contribution in [0.15, 0.2) is 54.6 Å². The number of para-hydroxylation sites is 2. The zero-order valence-corrected chi connectivity index (χ0v) is 14.9. The molecule has 0 aliphatic rings. The van der Waals surface area contributed by atoms with E-state index in [1.807, 2.05) is 42.5 Å². The number of carboxylic acids is 1. The molecule has 1 aromatic heterocycles. The fourth-order valence-corrected chi connectivity index (χ4v) is 3.46. The van der Waals surface area contributed by atoms with Gasteiger partial charge in [-0.1, -0.05) is 48.6 Å². The van der Waals surface area contributed by atoms with Gasteiger partial charge >= 0.3 is 5.97 Å². The number of thiocarbonyl (C=S) groups is 1. The first-order chi connectivity index (χ1) is 12.1. The summed E-state index contributed by atoms with van der Waals surface area (Å²) in [5, 5.41) is 11.9. The maximum atomic E-state index is 11.3. The minimum Gasteiger partial charge on any atom is -0.480 e. The van der Waals surface area contributed by atoms with Gasteiger partial charge in [0.25, 0.3) is 0 Å². The average Bonchev–Trinajstić information content (AvgIpc) is 2.93. The Labute approximate surface area is 152 Å². The molecule has 4 nitrogen and oxygen atoms in total. The van der Waals surface area contributed by atoms with Crippen LogP contribution in [0.1, 0.15) is 11.3 Å². The molecule has 3 rings (SSSR count). The molecule has 0 radical (unpaired) electrons. The summed E-state index contributed by atoms with van der Waals surface area (Å²) in [6, 6.07) is 18.1. The molecule has 0 saturated carbocycles. The van der Waals surface area contributed by atoms with Crippen LogP contribution < -0.4 is 4.90 Å². The van der Waals surface area contributed by atoms with E-state index in [0.717, 1.165) is 40.8 Å². The van der Waals surface area contributed by atoms with Crippen LogP contribution in [-0.2, 0) is 17.8 Å². The number of hydrogen-bond acceptors (Lipinski definition) is 3. The van der Waals surface area contributed by atoms with Gasteiger partial charge in [0, 0.05) is 35.6 Å². The van der Waals surface area contributed by atoms with Crippen LogP contribution in [0.2, 0.25) is 0 Å². The van der Waals surface area contributed by atoms with E-state index < -0.39 is 5.97 Å². The Morgan fingerprint density at radius 2 is 1.84 bits per heavy atom. The Bertz CT molecular complexity index is 903. The Hall–Kier alpha value is -2.66. The Morgan fingerprint density at radius 1 is 1.16 bits per heavy atom. The number of likely N-dealkylation sites (N-methyl/N-ethyl adjacent to an activating group) is 1. The van der Waals surface area contributed by atoms with E-state index in [4.69, 9.17) is 12.2 Å². The largest absolute Gasteiger partial charge is 0.480 e. The van der Waals surface area contributed by atoms with Gasteiger partial charge in [0.15, 0.2) is 0 Å². The van der Waals surface area contributed by atoms with Crippen LogP contribution in [-0.4, -0.2) is 34.6 Å². The molecular weight excluding hydrogens is 332 g/mol. The fourth-order valence-electron chi connectivity index (χ4n) is 3.19. The van der Waals surface area contributed by atoms with Crippen molar-refractivity contribution in [1.29, 1.82) is 0 Å². The molecule has 5 heteroatoms. The van der Waals surface area contributed by atoms with Crippen LogP contribution in [0.4, 0.5) is 5.69 Å². The fraction of sp³-hybridized carbons (Fsp3) is 0.200. The van der Waals surface area contributed by atoms with Crippen molar-refractivity contribution in [2.24, 2.45) is 0 Å². The topological polar surface area (TPSA) is 45.5 Å². The molecule has 1 heterocycles. The quantitative estimate of drug-likeness (QED) is 0.658. The van der Waals surface area contributed by atoms with Gasteiger partial charge in [-0.05, 0) is 30.2 Å². The summed E-state index contributed by atoms with van der Waals surface area (Å²) >= 11 is 5.21. The van der Waals surface area contributed by atoms with Gasteiger partial charge in [0.2, 0.25) is 0 Å². The SMILES string of the molecule is CN(CCc1c(C=S)n(CC(=O)O)c2ccccc12)c1ccccc1. The molecule has 0 unspecified atom stereocenters. The summed E-state index contributed by atoms with van der Waals surface area (Å²) in [6.45, 7) is 0.735. The van der Waals surface area contributed by atoms with E-state index >= 15 is 0 Å². The van der Waals surface area contributed by atoms with E-state index in [2.05, 4.69) is 24.1 Å². The molecule has 0 saturated heterocycles. The third-order valence-corrected chi connectivity index (χ3v) is 4.64. The first kappa shape index (κ1) is 17.2. The van der Waals surface area contributed by atoms with Gasteiger partial charge in [-0.25, -0.2) is 0 Å². The number of rotatable bonds is 7. The van der Waals surface area contributed by atoms with Gasteiger partial charge in [0.1, 0.15) is 6.54 Å². The maximum Gasteiger partial charge on any atom is 0.323 e. The molecule has 0 bridgehead atoms. The number of carboxylic acid groups (broad SMARTS) is 1. The molecule has 0 aliphatic heterocycles. The summed E-state index contributed by atoms with van der Waals surface area (Å²) in [6.07, 6.45) is 0.793. The molecule has 2 aromatic carbocycles. The lowest BCUT2D eigenvalue weighted by molar-refractivity contribution is -0.137. The zero-order chi connectivity index (χ0) is 17.8. The summed E-state index contributed by atoms with van der Waals surface area (Å²) in [7, 11) is 2.06. The number of nitrogens with zero attached hydrogens (tertiary/aromatic N) is 2. The van der Waals surface area contributed by atoms with Crippen molar-refractivity contribution in [3.05, 3.63) is 65.9 Å². The second-order valence-corrected chi connectivity index (χ2v) is 6.22. The predicted molar refractivity (Wildman–Crippen MR) is 106 cm³/mol. The third kappa shape index (κ3) is 3.56. The van der Waals surface area contributed by atoms with Crippen molar-refractivity contribution in [2.45, 2.75) is 13.0 Å². The highest BCUT2D eigenvalue weighted by atomic mass is 32.1. The van der Waals surface area contributed by atoms with E-state index in [1.165, 1.54) is 0 Å². The second kappa shape index (κ2) is 7.49. The summed E-state index contributed by atoms with van der Waals surface area (Å²) in [5.74, 6) is -0.869. The Morgan fingerprint density at radius 3 is 2.52 bits per heavy atom.